The van der Waals surface area contributed by atoms with Crippen LogP contribution >= 0.6 is 11.8 Å². The number of hydrogen-bond donors (Lipinski definition) is 1. The standard InChI is InChI=1S/C10H12N4OS/c1-16-9-4-2-8(3-5-9)10(15)12-6-7-13-14-11/h2-5H,6-7H2,1H3,(H,12,15). The number of carbonyl (C=O) groups is 1. The molecular formula is C10H12N4OS. The molecule has 0 fully saturated rings. The largest absolute Gasteiger partial charge is 0.352 e. The molecule has 0 unspecified atom stereocenters. The number of amides is 1. The predicted molar refractivity (Wildman–Crippen MR) is 64.6 cm³/mol. The lowest BCUT2D eigenvalue weighted by Gasteiger charge is -2.03. The van der Waals surface area contributed by atoms with E-state index in [0.29, 0.717) is 12.1 Å². The molecule has 1 N–H and O–H groups in total. The normalized spacial score (nSPS) is 9.31. The van der Waals surface area contributed by atoms with Crippen molar-refractivity contribution in [2.45, 2.75) is 4.90 Å². The highest BCUT2D eigenvalue weighted by atomic mass is 32.2. The van der Waals surface area contributed by atoms with Gasteiger partial charge >= 0.3 is 0 Å². The summed E-state index contributed by atoms with van der Waals surface area (Å²) in [7, 11) is 0. The van der Waals surface area contributed by atoms with Crippen LogP contribution in [0.25, 0.3) is 10.4 Å². The highest BCUT2D eigenvalue weighted by Gasteiger charge is 2.03. The van der Waals surface area contributed by atoms with Crippen molar-refractivity contribution in [1.82, 2.24) is 5.32 Å². The molecule has 5 nitrogen and oxygen atoms in total. The minimum Gasteiger partial charge on any atom is -0.352 e. The van der Waals surface area contributed by atoms with Crippen molar-refractivity contribution in [2.75, 3.05) is 19.3 Å². The highest BCUT2D eigenvalue weighted by Crippen LogP contribution is 2.14. The first-order chi connectivity index (χ1) is 7.77. The number of thioether (sulfide) groups is 1. The monoisotopic (exact) mass is 236 g/mol. The van der Waals surface area contributed by atoms with Gasteiger partial charge in [0.05, 0.1) is 0 Å². The van der Waals surface area contributed by atoms with Gasteiger partial charge in [0.15, 0.2) is 0 Å². The summed E-state index contributed by atoms with van der Waals surface area (Å²) in [5, 5.41) is 5.99. The number of hydrogen-bond acceptors (Lipinski definition) is 3. The molecule has 16 heavy (non-hydrogen) atoms. The van der Waals surface area contributed by atoms with E-state index in [2.05, 4.69) is 15.3 Å². The molecule has 1 aromatic carbocycles. The number of nitrogens with zero attached hydrogens (tertiary/aromatic N) is 3. The summed E-state index contributed by atoms with van der Waals surface area (Å²) in [6.07, 6.45) is 1.98. The van der Waals surface area contributed by atoms with Gasteiger partial charge in [-0.15, -0.1) is 11.8 Å². The van der Waals surface area contributed by atoms with Crippen LogP contribution in [0.4, 0.5) is 0 Å². The average molecular weight is 236 g/mol. The van der Waals surface area contributed by atoms with Crippen molar-refractivity contribution in [2.24, 2.45) is 5.11 Å². The van der Waals surface area contributed by atoms with Crippen LogP contribution in [-0.2, 0) is 0 Å². The average Bonchev–Trinajstić information content (AvgIpc) is 2.34. The van der Waals surface area contributed by atoms with Gasteiger partial charge < -0.3 is 5.32 Å². The fourth-order valence-corrected chi connectivity index (χ4v) is 1.52. The molecule has 0 aliphatic carbocycles. The third-order valence-corrected chi connectivity index (χ3v) is 2.66. The molecule has 0 aromatic heterocycles. The minimum absolute atomic E-state index is 0.152. The van der Waals surface area contributed by atoms with E-state index < -0.39 is 0 Å². The van der Waals surface area contributed by atoms with Crippen LogP contribution in [0, 0.1) is 0 Å². The Balaban J connectivity index is 2.49. The summed E-state index contributed by atoms with van der Waals surface area (Å²) in [4.78, 5) is 15.3. The lowest BCUT2D eigenvalue weighted by atomic mass is 10.2. The van der Waals surface area contributed by atoms with Gasteiger partial charge in [-0.3, -0.25) is 4.79 Å². The maximum Gasteiger partial charge on any atom is 0.251 e. The number of benzene rings is 1. The summed E-state index contributed by atoms with van der Waals surface area (Å²) >= 11 is 1.63. The first-order valence-electron chi connectivity index (χ1n) is 4.71. The van der Waals surface area contributed by atoms with Gasteiger partial charge in [-0.2, -0.15) is 0 Å². The molecule has 6 heteroatoms. The van der Waals surface area contributed by atoms with Gasteiger partial charge in [0, 0.05) is 28.5 Å². The minimum atomic E-state index is -0.152. The van der Waals surface area contributed by atoms with Crippen LogP contribution in [0.1, 0.15) is 10.4 Å². The summed E-state index contributed by atoms with van der Waals surface area (Å²) < 4.78 is 0. The molecule has 0 saturated heterocycles. The second kappa shape index (κ2) is 6.76. The molecule has 0 aliphatic heterocycles. The number of azide groups is 1. The molecular weight excluding hydrogens is 224 g/mol. The summed E-state index contributed by atoms with van der Waals surface area (Å²) in [5.74, 6) is -0.152. The molecule has 1 amide bonds. The predicted octanol–water partition coefficient (Wildman–Crippen LogP) is 2.45. The van der Waals surface area contributed by atoms with Gasteiger partial charge in [-0.25, -0.2) is 0 Å². The lowest BCUT2D eigenvalue weighted by Crippen LogP contribution is -2.25. The Morgan fingerprint density at radius 3 is 2.75 bits per heavy atom. The molecule has 1 aromatic rings. The van der Waals surface area contributed by atoms with Gasteiger partial charge in [-0.05, 0) is 36.1 Å². The van der Waals surface area contributed by atoms with Crippen molar-refractivity contribution < 1.29 is 4.79 Å². The van der Waals surface area contributed by atoms with E-state index in [9.17, 15) is 4.79 Å². The van der Waals surface area contributed by atoms with Gasteiger partial charge in [0.1, 0.15) is 0 Å². The van der Waals surface area contributed by atoms with Crippen LogP contribution in [0.15, 0.2) is 34.3 Å². The Hall–Kier alpha value is -1.65. The molecule has 0 radical (unpaired) electrons. The maximum absolute atomic E-state index is 11.6. The maximum atomic E-state index is 11.6. The van der Waals surface area contributed by atoms with Crippen LogP contribution in [0.3, 0.4) is 0 Å². The Morgan fingerprint density at radius 1 is 1.50 bits per heavy atom. The van der Waals surface area contributed by atoms with Crippen molar-refractivity contribution in [3.63, 3.8) is 0 Å². The summed E-state index contributed by atoms with van der Waals surface area (Å²) in [6.45, 7) is 0.623. The molecule has 84 valence electrons. The van der Waals surface area contributed by atoms with Crippen LogP contribution in [0.2, 0.25) is 0 Å². The first-order valence-corrected chi connectivity index (χ1v) is 5.93. The van der Waals surface area contributed by atoms with Crippen LogP contribution in [-0.4, -0.2) is 25.3 Å². The summed E-state index contributed by atoms with van der Waals surface area (Å²) in [5.41, 5.74) is 8.66. The van der Waals surface area contributed by atoms with E-state index in [-0.39, 0.29) is 12.5 Å². The molecule has 1 rings (SSSR count). The zero-order valence-electron chi connectivity index (χ0n) is 8.88. The summed E-state index contributed by atoms with van der Waals surface area (Å²) in [6, 6.07) is 7.34. The first kappa shape index (κ1) is 12.4. The van der Waals surface area contributed by atoms with E-state index >= 15 is 0 Å². The van der Waals surface area contributed by atoms with Crippen molar-refractivity contribution in [3.8, 4) is 0 Å². The zero-order chi connectivity index (χ0) is 11.8. The van der Waals surface area contributed by atoms with Crippen molar-refractivity contribution in [1.29, 1.82) is 0 Å². The molecule has 0 atom stereocenters. The highest BCUT2D eigenvalue weighted by molar-refractivity contribution is 7.98. The smallest absolute Gasteiger partial charge is 0.251 e. The fourth-order valence-electron chi connectivity index (χ4n) is 1.11. The second-order valence-electron chi connectivity index (χ2n) is 2.94. The molecule has 0 bridgehead atoms. The van der Waals surface area contributed by atoms with E-state index in [1.165, 1.54) is 0 Å². The SMILES string of the molecule is CSc1ccc(C(=O)NCCN=[N+]=[N-])cc1. The van der Waals surface area contributed by atoms with Gasteiger partial charge in [0.25, 0.3) is 5.91 Å². The van der Waals surface area contributed by atoms with Crippen LogP contribution < -0.4 is 5.32 Å². The number of carbonyl (C=O) groups excluding carboxylic acids is 1. The Labute approximate surface area is 97.9 Å². The van der Waals surface area contributed by atoms with Crippen molar-refractivity contribution in [3.05, 3.63) is 40.3 Å². The zero-order valence-corrected chi connectivity index (χ0v) is 9.70. The number of nitrogens with one attached hydrogen (secondary N) is 1. The van der Waals surface area contributed by atoms with Gasteiger partial charge in [-0.1, -0.05) is 5.11 Å². The van der Waals surface area contributed by atoms with Crippen LogP contribution in [0.5, 0.6) is 0 Å². The quantitative estimate of drug-likeness (QED) is 0.280. The van der Waals surface area contributed by atoms with E-state index in [0.717, 1.165) is 4.90 Å². The fraction of sp³-hybridized carbons (Fsp3) is 0.300. The second-order valence-corrected chi connectivity index (χ2v) is 3.82. The third-order valence-electron chi connectivity index (χ3n) is 1.91. The van der Waals surface area contributed by atoms with Crippen molar-refractivity contribution >= 4 is 17.7 Å². The van der Waals surface area contributed by atoms with Gasteiger partial charge in [0.2, 0.25) is 0 Å². The molecule has 0 heterocycles. The van der Waals surface area contributed by atoms with E-state index in [1.54, 1.807) is 23.9 Å². The third kappa shape index (κ3) is 3.84. The Morgan fingerprint density at radius 2 is 2.19 bits per heavy atom. The lowest BCUT2D eigenvalue weighted by molar-refractivity contribution is 0.0954. The van der Waals surface area contributed by atoms with E-state index in [1.807, 2.05) is 18.4 Å². The topological polar surface area (TPSA) is 77.9 Å². The molecule has 0 saturated carbocycles. The molecule has 0 spiro atoms. The Bertz CT molecular complexity index is 398. The van der Waals surface area contributed by atoms with E-state index in [4.69, 9.17) is 5.53 Å². The Kier molecular flexibility index (Phi) is 5.25. The number of rotatable bonds is 5. The molecule has 0 aliphatic rings.